The molecule has 0 fully saturated rings. The summed E-state index contributed by atoms with van der Waals surface area (Å²) in [5, 5.41) is 5.02. The summed E-state index contributed by atoms with van der Waals surface area (Å²) in [6.45, 7) is 1.83. The molecular weight excluding hydrogens is 276 g/mol. The van der Waals surface area contributed by atoms with E-state index in [1.807, 2.05) is 43.3 Å². The van der Waals surface area contributed by atoms with Crippen LogP contribution in [0.3, 0.4) is 0 Å². The van der Waals surface area contributed by atoms with E-state index in [2.05, 4.69) is 15.5 Å². The van der Waals surface area contributed by atoms with Crippen molar-refractivity contribution in [3.05, 3.63) is 65.9 Å². The molecule has 0 atom stereocenters. The highest BCUT2D eigenvalue weighted by Gasteiger charge is 2.10. The van der Waals surface area contributed by atoms with Gasteiger partial charge in [-0.2, -0.15) is 5.10 Å². The fraction of sp³-hybridized carbons (Fsp3) is 0.0588. The normalized spacial score (nSPS) is 11.6. The van der Waals surface area contributed by atoms with E-state index in [1.165, 1.54) is 0 Å². The number of fused-ring (bicyclic) bond motifs is 1. The van der Waals surface area contributed by atoms with Gasteiger partial charge in [-0.15, -0.1) is 0 Å². The van der Waals surface area contributed by atoms with Crippen molar-refractivity contribution >= 4 is 28.2 Å². The third-order valence-corrected chi connectivity index (χ3v) is 3.49. The van der Waals surface area contributed by atoms with Crippen molar-refractivity contribution in [2.24, 2.45) is 5.10 Å². The molecule has 1 amide bonds. The van der Waals surface area contributed by atoms with Gasteiger partial charge in [0.15, 0.2) is 0 Å². The van der Waals surface area contributed by atoms with Crippen LogP contribution in [-0.4, -0.2) is 16.6 Å². The van der Waals surface area contributed by atoms with Crippen LogP contribution in [-0.2, 0) is 0 Å². The Morgan fingerprint density at radius 3 is 2.64 bits per heavy atom. The van der Waals surface area contributed by atoms with Crippen molar-refractivity contribution in [1.82, 2.24) is 10.4 Å². The van der Waals surface area contributed by atoms with Crippen LogP contribution in [0, 0.1) is 0 Å². The van der Waals surface area contributed by atoms with Gasteiger partial charge >= 0.3 is 0 Å². The van der Waals surface area contributed by atoms with E-state index in [4.69, 9.17) is 5.73 Å². The number of aromatic nitrogens is 1. The Balaban J connectivity index is 1.79. The molecule has 5 nitrogen and oxygen atoms in total. The molecular formula is C17H16N4O. The Morgan fingerprint density at radius 2 is 1.86 bits per heavy atom. The topological polar surface area (TPSA) is 83.3 Å². The van der Waals surface area contributed by atoms with Crippen molar-refractivity contribution in [3.63, 3.8) is 0 Å². The zero-order valence-corrected chi connectivity index (χ0v) is 12.1. The summed E-state index contributed by atoms with van der Waals surface area (Å²) in [5.74, 6) is -0.243. The number of para-hydroxylation sites is 1. The van der Waals surface area contributed by atoms with Crippen molar-refractivity contribution in [1.29, 1.82) is 0 Å². The van der Waals surface area contributed by atoms with E-state index in [0.717, 1.165) is 16.5 Å². The Bertz CT molecular complexity index is 846. The average Bonchev–Trinajstić information content (AvgIpc) is 2.97. The van der Waals surface area contributed by atoms with Gasteiger partial charge in [0, 0.05) is 22.8 Å². The number of benzene rings is 2. The minimum absolute atomic E-state index is 0.243. The number of nitrogens with one attached hydrogen (secondary N) is 2. The number of amides is 1. The first-order valence-corrected chi connectivity index (χ1v) is 6.92. The Hall–Kier alpha value is -3.08. The number of hydrazone groups is 1. The van der Waals surface area contributed by atoms with Crippen LogP contribution in [0.15, 0.2) is 59.8 Å². The van der Waals surface area contributed by atoms with Crippen LogP contribution in [0.2, 0.25) is 0 Å². The predicted molar refractivity (Wildman–Crippen MR) is 88.8 cm³/mol. The van der Waals surface area contributed by atoms with E-state index in [1.54, 1.807) is 18.3 Å². The molecule has 0 unspecified atom stereocenters. The van der Waals surface area contributed by atoms with Crippen LogP contribution in [0.4, 0.5) is 5.69 Å². The van der Waals surface area contributed by atoms with E-state index >= 15 is 0 Å². The average molecular weight is 292 g/mol. The van der Waals surface area contributed by atoms with Crippen LogP contribution in [0.5, 0.6) is 0 Å². The molecule has 0 saturated carbocycles. The minimum atomic E-state index is -0.243. The maximum absolute atomic E-state index is 12.3. The van der Waals surface area contributed by atoms with Gasteiger partial charge in [0.25, 0.3) is 5.91 Å². The molecule has 1 heterocycles. The summed E-state index contributed by atoms with van der Waals surface area (Å²) in [4.78, 5) is 15.3. The van der Waals surface area contributed by atoms with Gasteiger partial charge in [-0.1, -0.05) is 30.3 Å². The molecule has 3 rings (SSSR count). The lowest BCUT2D eigenvalue weighted by Gasteiger charge is -2.03. The molecule has 110 valence electrons. The number of carbonyl (C=O) groups is 1. The molecule has 0 spiro atoms. The quantitative estimate of drug-likeness (QED) is 0.394. The first-order chi connectivity index (χ1) is 10.6. The number of anilines is 1. The molecule has 0 bridgehead atoms. The maximum atomic E-state index is 12.3. The van der Waals surface area contributed by atoms with Gasteiger partial charge in [0.05, 0.1) is 11.3 Å². The summed E-state index contributed by atoms with van der Waals surface area (Å²) >= 11 is 0. The van der Waals surface area contributed by atoms with E-state index < -0.39 is 0 Å². The first-order valence-electron chi connectivity index (χ1n) is 6.92. The van der Waals surface area contributed by atoms with Gasteiger partial charge in [0.2, 0.25) is 0 Å². The molecule has 1 aromatic heterocycles. The molecule has 0 aliphatic carbocycles. The fourth-order valence-electron chi connectivity index (χ4n) is 2.24. The van der Waals surface area contributed by atoms with Crippen molar-refractivity contribution in [2.75, 3.05) is 5.73 Å². The number of carbonyl (C=O) groups excluding carboxylic acids is 1. The minimum Gasteiger partial charge on any atom is -0.399 e. The second-order valence-corrected chi connectivity index (χ2v) is 5.01. The second kappa shape index (κ2) is 5.73. The predicted octanol–water partition coefficient (Wildman–Crippen LogP) is 2.90. The van der Waals surface area contributed by atoms with Gasteiger partial charge in [-0.25, -0.2) is 5.43 Å². The van der Waals surface area contributed by atoms with E-state index in [0.29, 0.717) is 17.0 Å². The number of hydrogen-bond donors (Lipinski definition) is 3. The SMILES string of the molecule is CC(=NNC(=O)c1c[nH]c2ccccc12)c1ccc(N)cc1. The lowest BCUT2D eigenvalue weighted by Crippen LogP contribution is -2.19. The number of rotatable bonds is 3. The molecule has 3 aromatic rings. The van der Waals surface area contributed by atoms with Crippen molar-refractivity contribution in [3.8, 4) is 0 Å². The lowest BCUT2D eigenvalue weighted by molar-refractivity contribution is 0.0956. The maximum Gasteiger partial charge on any atom is 0.273 e. The number of nitrogens with two attached hydrogens (primary N) is 1. The number of hydrogen-bond acceptors (Lipinski definition) is 3. The Labute approximate surface area is 127 Å². The first kappa shape index (κ1) is 13.9. The molecule has 0 aliphatic heterocycles. The van der Waals surface area contributed by atoms with Crippen LogP contribution >= 0.6 is 0 Å². The number of nitrogen functional groups attached to an aromatic ring is 1. The molecule has 4 N–H and O–H groups in total. The van der Waals surface area contributed by atoms with Crippen LogP contribution < -0.4 is 11.2 Å². The zero-order valence-electron chi connectivity index (χ0n) is 12.1. The summed E-state index contributed by atoms with van der Waals surface area (Å²) < 4.78 is 0. The molecule has 0 aliphatic rings. The summed E-state index contributed by atoms with van der Waals surface area (Å²) in [6, 6.07) is 15.0. The zero-order chi connectivity index (χ0) is 15.5. The molecule has 2 aromatic carbocycles. The lowest BCUT2D eigenvalue weighted by atomic mass is 10.1. The smallest absolute Gasteiger partial charge is 0.273 e. The van der Waals surface area contributed by atoms with Gasteiger partial charge < -0.3 is 10.7 Å². The van der Waals surface area contributed by atoms with Crippen molar-refractivity contribution in [2.45, 2.75) is 6.92 Å². The van der Waals surface area contributed by atoms with E-state index in [9.17, 15) is 4.79 Å². The molecule has 5 heteroatoms. The number of aromatic amines is 1. The number of nitrogens with zero attached hydrogens (tertiary/aromatic N) is 1. The Morgan fingerprint density at radius 1 is 1.14 bits per heavy atom. The Kier molecular flexibility index (Phi) is 3.62. The van der Waals surface area contributed by atoms with Gasteiger partial charge in [0.1, 0.15) is 0 Å². The fourth-order valence-corrected chi connectivity index (χ4v) is 2.24. The molecule has 0 radical (unpaired) electrons. The van der Waals surface area contributed by atoms with Crippen molar-refractivity contribution < 1.29 is 4.79 Å². The second-order valence-electron chi connectivity index (χ2n) is 5.01. The van der Waals surface area contributed by atoms with Crippen LogP contribution in [0.1, 0.15) is 22.8 Å². The largest absolute Gasteiger partial charge is 0.399 e. The highest BCUT2D eigenvalue weighted by Crippen LogP contribution is 2.17. The molecule has 22 heavy (non-hydrogen) atoms. The van der Waals surface area contributed by atoms with Crippen LogP contribution in [0.25, 0.3) is 10.9 Å². The van der Waals surface area contributed by atoms with Gasteiger partial charge in [-0.05, 0) is 30.7 Å². The third-order valence-electron chi connectivity index (χ3n) is 3.49. The monoisotopic (exact) mass is 292 g/mol. The van der Waals surface area contributed by atoms with E-state index in [-0.39, 0.29) is 5.91 Å². The summed E-state index contributed by atoms with van der Waals surface area (Å²) in [7, 11) is 0. The summed E-state index contributed by atoms with van der Waals surface area (Å²) in [5.41, 5.74) is 12.1. The third kappa shape index (κ3) is 2.69. The molecule has 0 saturated heterocycles. The van der Waals surface area contributed by atoms with Gasteiger partial charge in [-0.3, -0.25) is 4.79 Å². The standard InChI is InChI=1S/C17H16N4O/c1-11(12-6-8-13(18)9-7-12)20-21-17(22)15-10-19-16-5-3-2-4-14(15)16/h2-10,19H,18H2,1H3,(H,21,22). The highest BCUT2D eigenvalue weighted by molar-refractivity contribution is 6.07. The highest BCUT2D eigenvalue weighted by atomic mass is 16.2. The number of H-pyrrole nitrogens is 1. The summed E-state index contributed by atoms with van der Waals surface area (Å²) in [6.07, 6.45) is 1.69.